The molecule has 2 aromatic heterocycles. The second kappa shape index (κ2) is 6.55. The number of fused-ring (bicyclic) bond motifs is 1. The number of hydrogen-bond acceptors (Lipinski definition) is 4. The predicted octanol–water partition coefficient (Wildman–Crippen LogP) is 2.16. The van der Waals surface area contributed by atoms with Crippen LogP contribution in [0.1, 0.15) is 23.6 Å². The van der Waals surface area contributed by atoms with Crippen LogP contribution in [-0.2, 0) is 13.6 Å². The van der Waals surface area contributed by atoms with Crippen molar-refractivity contribution in [1.29, 1.82) is 0 Å². The summed E-state index contributed by atoms with van der Waals surface area (Å²) in [6.45, 7) is 6.45. The lowest BCUT2D eigenvalue weighted by atomic mass is 10.1. The van der Waals surface area contributed by atoms with Gasteiger partial charge in [-0.2, -0.15) is 0 Å². The first-order valence-corrected chi connectivity index (χ1v) is 8.21. The number of pyridine rings is 1. The zero-order valence-electron chi connectivity index (χ0n) is 14.9. The van der Waals surface area contributed by atoms with Crippen molar-refractivity contribution in [3.05, 3.63) is 68.0 Å². The molecule has 3 aromatic rings. The maximum atomic E-state index is 13.0. The van der Waals surface area contributed by atoms with Gasteiger partial charge in [-0.05, 0) is 38.0 Å². The van der Waals surface area contributed by atoms with Crippen molar-refractivity contribution in [1.82, 2.24) is 14.1 Å². The van der Waals surface area contributed by atoms with Crippen LogP contribution in [0.15, 0.2) is 40.1 Å². The van der Waals surface area contributed by atoms with Crippen LogP contribution in [-0.4, -0.2) is 20.7 Å². The molecule has 0 aliphatic heterocycles. The highest BCUT2D eigenvalue weighted by atomic mass is 16.5. The largest absolute Gasteiger partial charge is 0.493 e. The molecule has 0 saturated heterocycles. The maximum Gasteiger partial charge on any atom is 0.332 e. The molecule has 0 aliphatic carbocycles. The summed E-state index contributed by atoms with van der Waals surface area (Å²) in [6, 6.07) is 7.66. The molecule has 130 valence electrons. The van der Waals surface area contributed by atoms with E-state index in [0.717, 1.165) is 16.7 Å². The van der Waals surface area contributed by atoms with Crippen LogP contribution < -0.4 is 16.0 Å². The summed E-state index contributed by atoms with van der Waals surface area (Å²) in [5.41, 5.74) is 2.63. The fourth-order valence-electron chi connectivity index (χ4n) is 2.94. The third-order valence-electron chi connectivity index (χ3n) is 4.32. The fourth-order valence-corrected chi connectivity index (χ4v) is 2.94. The van der Waals surface area contributed by atoms with E-state index in [1.165, 1.54) is 9.13 Å². The van der Waals surface area contributed by atoms with Gasteiger partial charge in [0.1, 0.15) is 11.1 Å². The Morgan fingerprint density at radius 2 is 1.92 bits per heavy atom. The smallest absolute Gasteiger partial charge is 0.332 e. The molecule has 0 atom stereocenters. The Morgan fingerprint density at radius 1 is 1.16 bits per heavy atom. The van der Waals surface area contributed by atoms with Gasteiger partial charge in [0.15, 0.2) is 5.65 Å². The number of benzene rings is 1. The van der Waals surface area contributed by atoms with E-state index in [1.54, 1.807) is 19.3 Å². The Labute approximate surface area is 145 Å². The van der Waals surface area contributed by atoms with Crippen LogP contribution >= 0.6 is 0 Å². The fraction of sp³-hybridized carbons (Fsp3) is 0.316. The number of aryl methyl sites for hydroxylation is 3. The number of hydrogen-bond donors (Lipinski definition) is 0. The van der Waals surface area contributed by atoms with Gasteiger partial charge in [-0.25, -0.2) is 9.78 Å². The molecule has 0 aliphatic rings. The number of ether oxygens (including phenoxy) is 1. The molecule has 0 spiro atoms. The van der Waals surface area contributed by atoms with Gasteiger partial charge in [0.2, 0.25) is 0 Å². The summed E-state index contributed by atoms with van der Waals surface area (Å²) < 4.78 is 8.21. The van der Waals surface area contributed by atoms with Crippen molar-refractivity contribution in [3.8, 4) is 5.75 Å². The standard InChI is InChI=1S/C19H21N3O3/c1-5-25-15-8-9-20-17-16(15)18(23)22(19(24)21(17)4)11-14-10-12(2)6-7-13(14)3/h6-10H,5,11H2,1-4H3. The lowest BCUT2D eigenvalue weighted by Crippen LogP contribution is -2.40. The van der Waals surface area contributed by atoms with Gasteiger partial charge in [-0.1, -0.05) is 23.8 Å². The van der Waals surface area contributed by atoms with Gasteiger partial charge < -0.3 is 4.74 Å². The van der Waals surface area contributed by atoms with Gasteiger partial charge in [0.25, 0.3) is 5.56 Å². The van der Waals surface area contributed by atoms with E-state index < -0.39 is 0 Å². The van der Waals surface area contributed by atoms with E-state index in [9.17, 15) is 9.59 Å². The number of rotatable bonds is 4. The molecule has 0 N–H and O–H groups in total. The molecule has 0 saturated carbocycles. The van der Waals surface area contributed by atoms with Crippen LogP contribution in [0.2, 0.25) is 0 Å². The maximum absolute atomic E-state index is 13.0. The zero-order chi connectivity index (χ0) is 18.1. The minimum absolute atomic E-state index is 0.218. The first-order valence-electron chi connectivity index (χ1n) is 8.21. The minimum Gasteiger partial charge on any atom is -0.493 e. The van der Waals surface area contributed by atoms with Crippen molar-refractivity contribution in [3.63, 3.8) is 0 Å². The van der Waals surface area contributed by atoms with E-state index in [-0.39, 0.29) is 17.8 Å². The van der Waals surface area contributed by atoms with E-state index >= 15 is 0 Å². The monoisotopic (exact) mass is 339 g/mol. The lowest BCUT2D eigenvalue weighted by molar-refractivity contribution is 0.343. The number of nitrogens with zero attached hydrogens (tertiary/aromatic N) is 3. The first kappa shape index (κ1) is 17.0. The molecule has 2 heterocycles. The lowest BCUT2D eigenvalue weighted by Gasteiger charge is -2.14. The molecule has 1 aromatic carbocycles. The van der Waals surface area contributed by atoms with Gasteiger partial charge in [0.05, 0.1) is 13.2 Å². The third-order valence-corrected chi connectivity index (χ3v) is 4.32. The second-order valence-electron chi connectivity index (χ2n) is 6.10. The average Bonchev–Trinajstić information content (AvgIpc) is 2.59. The van der Waals surface area contributed by atoms with Crippen molar-refractivity contribution >= 4 is 11.0 Å². The van der Waals surface area contributed by atoms with Gasteiger partial charge in [0, 0.05) is 13.2 Å². The number of aromatic nitrogens is 3. The Bertz CT molecular complexity index is 1060. The summed E-state index contributed by atoms with van der Waals surface area (Å²) in [7, 11) is 1.62. The summed E-state index contributed by atoms with van der Waals surface area (Å²) in [6.07, 6.45) is 1.54. The van der Waals surface area contributed by atoms with Crippen LogP contribution in [0.25, 0.3) is 11.0 Å². The summed E-state index contributed by atoms with van der Waals surface area (Å²) >= 11 is 0. The Kier molecular flexibility index (Phi) is 4.44. The summed E-state index contributed by atoms with van der Waals surface area (Å²) in [5, 5.41) is 0.330. The summed E-state index contributed by atoms with van der Waals surface area (Å²) in [4.78, 5) is 29.9. The molecular formula is C19H21N3O3. The Balaban J connectivity index is 2.29. The SMILES string of the molecule is CCOc1ccnc2c1c(=O)n(Cc1cc(C)ccc1C)c(=O)n2C. The molecule has 6 nitrogen and oxygen atoms in total. The highest BCUT2D eigenvalue weighted by molar-refractivity contribution is 5.81. The van der Waals surface area contributed by atoms with Gasteiger partial charge in [-0.15, -0.1) is 0 Å². The molecule has 0 amide bonds. The second-order valence-corrected chi connectivity index (χ2v) is 6.10. The predicted molar refractivity (Wildman–Crippen MR) is 97.4 cm³/mol. The van der Waals surface area contributed by atoms with Crippen LogP contribution in [0.3, 0.4) is 0 Å². The van der Waals surface area contributed by atoms with Crippen molar-refractivity contribution in [2.75, 3.05) is 6.61 Å². The molecule has 0 bridgehead atoms. The van der Waals surface area contributed by atoms with Crippen LogP contribution in [0.4, 0.5) is 0 Å². The average molecular weight is 339 g/mol. The molecule has 0 fully saturated rings. The molecule has 3 rings (SSSR count). The molecule has 0 radical (unpaired) electrons. The van der Waals surface area contributed by atoms with Crippen molar-refractivity contribution in [2.45, 2.75) is 27.3 Å². The van der Waals surface area contributed by atoms with Crippen molar-refractivity contribution in [2.24, 2.45) is 7.05 Å². The van der Waals surface area contributed by atoms with Gasteiger partial charge in [-0.3, -0.25) is 13.9 Å². The molecule has 6 heteroatoms. The normalized spacial score (nSPS) is 11.0. The first-order chi connectivity index (χ1) is 11.9. The molecule has 0 unspecified atom stereocenters. The quantitative estimate of drug-likeness (QED) is 0.731. The van der Waals surface area contributed by atoms with Gasteiger partial charge >= 0.3 is 5.69 Å². The zero-order valence-corrected chi connectivity index (χ0v) is 14.9. The van der Waals surface area contributed by atoms with E-state index in [2.05, 4.69) is 4.98 Å². The minimum atomic E-state index is -0.389. The third kappa shape index (κ3) is 2.95. The summed E-state index contributed by atoms with van der Waals surface area (Å²) in [5.74, 6) is 0.447. The molecular weight excluding hydrogens is 318 g/mol. The van der Waals surface area contributed by atoms with E-state index in [1.807, 2.05) is 39.0 Å². The topological polar surface area (TPSA) is 66.1 Å². The van der Waals surface area contributed by atoms with Crippen LogP contribution in [0.5, 0.6) is 5.75 Å². The Morgan fingerprint density at radius 3 is 2.64 bits per heavy atom. The van der Waals surface area contributed by atoms with E-state index in [4.69, 9.17) is 4.74 Å². The van der Waals surface area contributed by atoms with E-state index in [0.29, 0.717) is 23.4 Å². The highest BCUT2D eigenvalue weighted by Gasteiger charge is 2.16. The highest BCUT2D eigenvalue weighted by Crippen LogP contribution is 2.19. The Hall–Kier alpha value is -2.89. The van der Waals surface area contributed by atoms with Crippen LogP contribution in [0, 0.1) is 13.8 Å². The molecule has 25 heavy (non-hydrogen) atoms. The van der Waals surface area contributed by atoms with Crippen molar-refractivity contribution < 1.29 is 4.74 Å².